The van der Waals surface area contributed by atoms with Gasteiger partial charge in [-0.25, -0.2) is 0 Å². The van der Waals surface area contributed by atoms with E-state index in [9.17, 15) is 0 Å². The first-order valence-electron chi connectivity index (χ1n) is 9.75. The van der Waals surface area contributed by atoms with E-state index >= 15 is 0 Å². The van der Waals surface area contributed by atoms with Gasteiger partial charge in [-0.3, -0.25) is 4.90 Å². The van der Waals surface area contributed by atoms with Crippen LogP contribution in [-0.4, -0.2) is 56.2 Å². The summed E-state index contributed by atoms with van der Waals surface area (Å²) in [5.74, 6) is 0. The molecule has 3 nitrogen and oxygen atoms in total. The van der Waals surface area contributed by atoms with E-state index in [1.165, 1.54) is 20.9 Å². The van der Waals surface area contributed by atoms with Crippen LogP contribution >= 0.6 is 23.4 Å². The van der Waals surface area contributed by atoms with Crippen LogP contribution < -0.4 is 0 Å². The highest BCUT2D eigenvalue weighted by atomic mass is 35.5. The molecule has 0 radical (unpaired) electrons. The van der Waals surface area contributed by atoms with Crippen LogP contribution in [0, 0.1) is 0 Å². The molecule has 0 amide bonds. The van der Waals surface area contributed by atoms with Crippen LogP contribution in [0.2, 0.25) is 5.02 Å². The van der Waals surface area contributed by atoms with Gasteiger partial charge in [0.2, 0.25) is 0 Å². The summed E-state index contributed by atoms with van der Waals surface area (Å²) in [6.07, 6.45) is 2.15. The number of nitrogens with zero attached hydrogens (tertiary/aromatic N) is 2. The van der Waals surface area contributed by atoms with E-state index in [0.717, 1.165) is 57.2 Å². The van der Waals surface area contributed by atoms with Gasteiger partial charge in [-0.1, -0.05) is 41.6 Å². The van der Waals surface area contributed by atoms with Gasteiger partial charge < -0.3 is 9.64 Å². The second kappa shape index (κ2) is 8.97. The van der Waals surface area contributed by atoms with E-state index in [-0.39, 0.29) is 0 Å². The van der Waals surface area contributed by atoms with Crippen molar-refractivity contribution in [3.8, 4) is 0 Å². The molecule has 144 valence electrons. The number of rotatable bonds is 5. The first kappa shape index (κ1) is 19.3. The third-order valence-electron chi connectivity index (χ3n) is 5.60. The number of hydrogen-bond donors (Lipinski definition) is 0. The second-order valence-corrected chi connectivity index (χ2v) is 8.86. The Labute approximate surface area is 171 Å². The van der Waals surface area contributed by atoms with Crippen LogP contribution in [0.4, 0.5) is 0 Å². The van der Waals surface area contributed by atoms with E-state index < -0.39 is 0 Å². The van der Waals surface area contributed by atoms with Gasteiger partial charge in [-0.2, -0.15) is 0 Å². The monoisotopic (exact) mass is 402 g/mol. The third kappa shape index (κ3) is 4.52. The molecule has 0 saturated carbocycles. The zero-order valence-electron chi connectivity index (χ0n) is 15.9. The number of fused-ring (bicyclic) bond motifs is 2. The summed E-state index contributed by atoms with van der Waals surface area (Å²) in [6.45, 7) is 6.50. The summed E-state index contributed by atoms with van der Waals surface area (Å²) in [7, 11) is 1.78. The minimum Gasteiger partial charge on any atom is -0.385 e. The van der Waals surface area contributed by atoms with Gasteiger partial charge in [0.05, 0.1) is 0 Å². The zero-order chi connectivity index (χ0) is 18.6. The topological polar surface area (TPSA) is 15.7 Å². The number of halogens is 1. The molecule has 4 rings (SSSR count). The fourth-order valence-electron chi connectivity index (χ4n) is 4.15. The van der Waals surface area contributed by atoms with Crippen molar-refractivity contribution in [2.45, 2.75) is 28.7 Å². The fourth-order valence-corrected chi connectivity index (χ4v) is 5.46. The Hall–Kier alpha value is -1.04. The third-order valence-corrected chi connectivity index (χ3v) is 7.05. The van der Waals surface area contributed by atoms with Crippen molar-refractivity contribution in [2.24, 2.45) is 0 Å². The Bertz CT molecular complexity index is 777. The van der Waals surface area contributed by atoms with E-state index in [2.05, 4.69) is 46.2 Å². The Morgan fingerprint density at radius 2 is 1.89 bits per heavy atom. The number of piperazine rings is 1. The predicted octanol–water partition coefficient (Wildman–Crippen LogP) is 4.74. The molecule has 2 heterocycles. The van der Waals surface area contributed by atoms with Gasteiger partial charge in [0.15, 0.2) is 0 Å². The molecule has 2 aromatic rings. The molecule has 1 saturated heterocycles. The lowest BCUT2D eigenvalue weighted by atomic mass is 9.96. The quantitative estimate of drug-likeness (QED) is 0.671. The van der Waals surface area contributed by atoms with Gasteiger partial charge in [0.25, 0.3) is 0 Å². The Morgan fingerprint density at radius 3 is 2.70 bits per heavy atom. The molecule has 1 fully saturated rings. The normalized spacial score (nSPS) is 20.7. The zero-order valence-corrected chi connectivity index (χ0v) is 17.4. The van der Waals surface area contributed by atoms with Crippen LogP contribution in [0.1, 0.15) is 23.6 Å². The maximum Gasteiger partial charge on any atom is 0.0474 e. The lowest BCUT2D eigenvalue weighted by Crippen LogP contribution is -2.48. The Morgan fingerprint density at radius 1 is 1.07 bits per heavy atom. The van der Waals surface area contributed by atoms with Gasteiger partial charge >= 0.3 is 0 Å². The highest BCUT2D eigenvalue weighted by Gasteiger charge is 2.29. The van der Waals surface area contributed by atoms with Crippen LogP contribution in [0.15, 0.2) is 52.3 Å². The molecule has 0 spiro atoms. The smallest absolute Gasteiger partial charge is 0.0474 e. The molecule has 0 bridgehead atoms. The lowest BCUT2D eigenvalue weighted by Gasteiger charge is -2.39. The van der Waals surface area contributed by atoms with Crippen LogP contribution in [0.5, 0.6) is 0 Å². The molecule has 0 aromatic heterocycles. The molecule has 0 N–H and O–H groups in total. The molecule has 1 atom stereocenters. The van der Waals surface area contributed by atoms with Gasteiger partial charge in [-0.15, -0.1) is 0 Å². The first-order valence-corrected chi connectivity index (χ1v) is 10.9. The maximum atomic E-state index is 6.31. The van der Waals surface area contributed by atoms with Crippen molar-refractivity contribution >= 4 is 23.4 Å². The van der Waals surface area contributed by atoms with Gasteiger partial charge in [-0.05, 0) is 48.2 Å². The number of benzene rings is 2. The molecule has 27 heavy (non-hydrogen) atoms. The summed E-state index contributed by atoms with van der Waals surface area (Å²) < 4.78 is 5.19. The SMILES string of the molecule is COCCCN1CCN(C2Cc3cc(Cl)ccc3Sc3ccccc32)CC1. The molecule has 1 unspecified atom stereocenters. The first-order chi connectivity index (χ1) is 13.2. The van der Waals surface area contributed by atoms with E-state index in [1.54, 1.807) is 7.11 Å². The van der Waals surface area contributed by atoms with Crippen LogP contribution in [-0.2, 0) is 11.2 Å². The van der Waals surface area contributed by atoms with Crippen molar-refractivity contribution in [3.05, 3.63) is 58.6 Å². The molecule has 2 aliphatic heterocycles. The molecular weight excluding hydrogens is 376 g/mol. The molecular formula is C22H27ClN2OS. The fraction of sp³-hybridized carbons (Fsp3) is 0.455. The molecule has 2 aromatic carbocycles. The van der Waals surface area contributed by atoms with Crippen LogP contribution in [0.25, 0.3) is 0 Å². The summed E-state index contributed by atoms with van der Waals surface area (Å²) in [6, 6.07) is 15.7. The average molecular weight is 403 g/mol. The molecule has 2 aliphatic rings. The van der Waals surface area contributed by atoms with Crippen molar-refractivity contribution in [1.82, 2.24) is 9.80 Å². The largest absolute Gasteiger partial charge is 0.385 e. The second-order valence-electron chi connectivity index (χ2n) is 7.34. The Kier molecular flexibility index (Phi) is 6.41. The number of methoxy groups -OCH3 is 1. The number of hydrogen-bond acceptors (Lipinski definition) is 4. The summed E-state index contributed by atoms with van der Waals surface area (Å²) in [4.78, 5) is 7.96. The van der Waals surface area contributed by atoms with Gasteiger partial charge in [0.1, 0.15) is 0 Å². The molecule has 5 heteroatoms. The van der Waals surface area contributed by atoms with E-state index in [4.69, 9.17) is 16.3 Å². The van der Waals surface area contributed by atoms with Crippen LogP contribution in [0.3, 0.4) is 0 Å². The molecule has 0 aliphatic carbocycles. The van der Waals surface area contributed by atoms with Gasteiger partial charge in [0, 0.05) is 67.3 Å². The maximum absolute atomic E-state index is 6.31. The van der Waals surface area contributed by atoms with Crippen molar-refractivity contribution in [1.29, 1.82) is 0 Å². The minimum atomic E-state index is 0.426. The van der Waals surface area contributed by atoms with Crippen molar-refractivity contribution in [3.63, 3.8) is 0 Å². The Balaban J connectivity index is 1.53. The summed E-state index contributed by atoms with van der Waals surface area (Å²) in [5, 5.41) is 0.835. The standard InChI is InChI=1S/C22H27ClN2OS/c1-26-14-4-9-24-10-12-25(13-11-24)20-16-17-15-18(23)7-8-21(17)27-22-6-3-2-5-19(20)22/h2-3,5-8,15,20H,4,9-14,16H2,1H3. The average Bonchev–Trinajstić information content (AvgIpc) is 2.85. The minimum absolute atomic E-state index is 0.426. The summed E-state index contributed by atoms with van der Waals surface area (Å²) >= 11 is 8.20. The predicted molar refractivity (Wildman–Crippen MR) is 113 cm³/mol. The highest BCUT2D eigenvalue weighted by molar-refractivity contribution is 7.99. The van der Waals surface area contributed by atoms with Crippen molar-refractivity contribution < 1.29 is 4.74 Å². The van der Waals surface area contributed by atoms with E-state index in [0.29, 0.717) is 6.04 Å². The van der Waals surface area contributed by atoms with Crippen molar-refractivity contribution in [2.75, 3.05) is 46.4 Å². The number of ether oxygens (including phenoxy) is 1. The highest BCUT2D eigenvalue weighted by Crippen LogP contribution is 2.43. The lowest BCUT2D eigenvalue weighted by molar-refractivity contribution is 0.0866. The summed E-state index contributed by atoms with van der Waals surface area (Å²) in [5.41, 5.74) is 2.83. The van der Waals surface area contributed by atoms with E-state index in [1.807, 2.05) is 17.8 Å².